The van der Waals surface area contributed by atoms with Crippen LogP contribution in [-0.2, 0) is 11.3 Å². The molecule has 8 nitrogen and oxygen atoms in total. The van der Waals surface area contributed by atoms with Gasteiger partial charge in [-0.3, -0.25) is 14.2 Å². The third-order valence-corrected chi connectivity index (χ3v) is 5.83. The smallest absolute Gasteiger partial charge is 0.262 e. The Labute approximate surface area is 197 Å². The van der Waals surface area contributed by atoms with Crippen molar-refractivity contribution >= 4 is 22.5 Å². The predicted molar refractivity (Wildman–Crippen MR) is 131 cm³/mol. The molecule has 3 aromatic rings. The highest BCUT2D eigenvalue weighted by atomic mass is 19.1. The van der Waals surface area contributed by atoms with Gasteiger partial charge in [0.25, 0.3) is 5.56 Å². The Morgan fingerprint density at radius 3 is 2.79 bits per heavy atom. The summed E-state index contributed by atoms with van der Waals surface area (Å²) in [7, 11) is 1.37. The molecule has 0 aliphatic carbocycles. The maximum absolute atomic E-state index is 14.0. The van der Waals surface area contributed by atoms with Crippen LogP contribution in [0.15, 0.2) is 41.2 Å². The van der Waals surface area contributed by atoms with E-state index < -0.39 is 5.82 Å². The average molecular weight is 468 g/mol. The van der Waals surface area contributed by atoms with Gasteiger partial charge in [0.05, 0.1) is 18.0 Å². The fourth-order valence-electron chi connectivity index (χ4n) is 4.25. The summed E-state index contributed by atoms with van der Waals surface area (Å²) in [5.74, 6) is -0.513. The molecule has 1 amide bonds. The highest BCUT2D eigenvalue weighted by Gasteiger charge is 2.20. The van der Waals surface area contributed by atoms with E-state index in [1.165, 1.54) is 29.9 Å². The number of nitrogens with zero attached hydrogens (tertiary/aromatic N) is 3. The Kier molecular flexibility index (Phi) is 6.83. The topological polar surface area (TPSA) is 88.5 Å². The molecule has 1 saturated heterocycles. The maximum atomic E-state index is 14.0. The molecule has 0 spiro atoms. The van der Waals surface area contributed by atoms with Crippen LogP contribution in [0.4, 0.5) is 10.1 Å². The van der Waals surface area contributed by atoms with Crippen molar-refractivity contribution in [3.63, 3.8) is 0 Å². The van der Waals surface area contributed by atoms with Crippen molar-refractivity contribution in [1.29, 1.82) is 0 Å². The first-order valence-electron chi connectivity index (χ1n) is 11.4. The molecule has 2 heterocycles. The molecule has 1 atom stereocenters. The minimum absolute atomic E-state index is 0.0354. The van der Waals surface area contributed by atoms with Gasteiger partial charge in [0.1, 0.15) is 12.4 Å². The molecule has 1 fully saturated rings. The lowest BCUT2D eigenvalue weighted by atomic mass is 10.1. The van der Waals surface area contributed by atoms with Crippen molar-refractivity contribution < 1.29 is 13.9 Å². The Morgan fingerprint density at radius 2 is 2.09 bits per heavy atom. The zero-order valence-electron chi connectivity index (χ0n) is 19.9. The standard InChI is InChI=1S/C25H30FN5O3/c1-15(2)28-23(32)14-31-24(17-5-7-20(26)22(11-17)34-4)29-21-8-6-18(12-19(21)25(31)33)30-10-9-27-16(3)13-30/h5-8,11-12,15-16,27H,9-10,13-14H2,1-4H3,(H,28,32)/t16-/m0/s1. The minimum atomic E-state index is -0.520. The van der Waals surface area contributed by atoms with E-state index in [9.17, 15) is 14.0 Å². The number of aromatic nitrogens is 2. The summed E-state index contributed by atoms with van der Waals surface area (Å²) in [6, 6.07) is 10.2. The molecule has 1 aliphatic heterocycles. The van der Waals surface area contributed by atoms with Gasteiger partial charge in [0.2, 0.25) is 5.91 Å². The molecule has 34 heavy (non-hydrogen) atoms. The predicted octanol–water partition coefficient (Wildman–Crippen LogP) is 2.53. The molecule has 180 valence electrons. The number of fused-ring (bicyclic) bond motifs is 1. The molecule has 2 aromatic carbocycles. The van der Waals surface area contributed by atoms with Gasteiger partial charge in [-0.05, 0) is 57.2 Å². The summed E-state index contributed by atoms with van der Waals surface area (Å²) in [6.07, 6.45) is 0. The van der Waals surface area contributed by atoms with Crippen LogP contribution in [0.1, 0.15) is 20.8 Å². The Hall–Kier alpha value is -3.46. The first kappa shape index (κ1) is 23.7. The SMILES string of the molecule is COc1cc(-c2nc3ccc(N4CCN[C@@H](C)C4)cc3c(=O)n2CC(=O)NC(C)C)ccc1F. The van der Waals surface area contributed by atoms with Gasteiger partial charge in [-0.15, -0.1) is 0 Å². The van der Waals surface area contributed by atoms with Gasteiger partial charge in [-0.25, -0.2) is 9.37 Å². The zero-order valence-corrected chi connectivity index (χ0v) is 19.9. The van der Waals surface area contributed by atoms with Crippen LogP contribution in [0.2, 0.25) is 0 Å². The molecule has 1 aliphatic rings. The Bertz CT molecular complexity index is 1270. The lowest BCUT2D eigenvalue weighted by molar-refractivity contribution is -0.122. The molecule has 0 saturated carbocycles. The van der Waals surface area contributed by atoms with E-state index >= 15 is 0 Å². The second-order valence-corrected chi connectivity index (χ2v) is 8.90. The second-order valence-electron chi connectivity index (χ2n) is 8.90. The first-order chi connectivity index (χ1) is 16.3. The fraction of sp³-hybridized carbons (Fsp3) is 0.400. The monoisotopic (exact) mass is 467 g/mol. The maximum Gasteiger partial charge on any atom is 0.262 e. The van der Waals surface area contributed by atoms with E-state index in [1.54, 1.807) is 0 Å². The van der Waals surface area contributed by atoms with Crippen LogP contribution >= 0.6 is 0 Å². The third-order valence-electron chi connectivity index (χ3n) is 5.83. The number of methoxy groups -OCH3 is 1. The van der Waals surface area contributed by atoms with E-state index in [0.29, 0.717) is 22.5 Å². The second kappa shape index (κ2) is 9.80. The highest BCUT2D eigenvalue weighted by molar-refractivity contribution is 5.85. The molecule has 0 unspecified atom stereocenters. The number of benzene rings is 2. The minimum Gasteiger partial charge on any atom is -0.494 e. The van der Waals surface area contributed by atoms with Crippen molar-refractivity contribution in [2.75, 3.05) is 31.6 Å². The van der Waals surface area contributed by atoms with E-state index in [4.69, 9.17) is 9.72 Å². The zero-order chi connectivity index (χ0) is 24.4. The molecule has 2 N–H and O–H groups in total. The number of hydrogen-bond acceptors (Lipinski definition) is 6. The Morgan fingerprint density at radius 1 is 1.29 bits per heavy atom. The summed E-state index contributed by atoms with van der Waals surface area (Å²) < 4.78 is 20.5. The quantitative estimate of drug-likeness (QED) is 0.579. The molecule has 0 bridgehead atoms. The number of halogens is 1. The lowest BCUT2D eigenvalue weighted by Gasteiger charge is -2.33. The molecule has 9 heteroatoms. The summed E-state index contributed by atoms with van der Waals surface area (Å²) in [4.78, 5) is 33.2. The number of nitrogens with one attached hydrogen (secondary N) is 2. The van der Waals surface area contributed by atoms with Gasteiger partial charge < -0.3 is 20.3 Å². The van der Waals surface area contributed by atoms with Gasteiger partial charge in [-0.1, -0.05) is 0 Å². The molecular formula is C25H30FN5O3. The van der Waals surface area contributed by atoms with Gasteiger partial charge in [-0.2, -0.15) is 0 Å². The van der Waals surface area contributed by atoms with Crippen molar-refractivity contribution in [2.45, 2.75) is 39.4 Å². The van der Waals surface area contributed by atoms with Gasteiger partial charge in [0.15, 0.2) is 11.6 Å². The van der Waals surface area contributed by atoms with Gasteiger partial charge >= 0.3 is 0 Å². The molecule has 1 aromatic heterocycles. The molecular weight excluding hydrogens is 437 g/mol. The largest absolute Gasteiger partial charge is 0.494 e. The van der Waals surface area contributed by atoms with E-state index in [1.807, 2.05) is 32.0 Å². The fourth-order valence-corrected chi connectivity index (χ4v) is 4.25. The Balaban J connectivity index is 1.86. The first-order valence-corrected chi connectivity index (χ1v) is 11.4. The third kappa shape index (κ3) is 4.89. The molecule has 4 rings (SSSR count). The summed E-state index contributed by atoms with van der Waals surface area (Å²) >= 11 is 0. The normalized spacial score (nSPS) is 16.2. The number of ether oxygens (including phenoxy) is 1. The summed E-state index contributed by atoms with van der Waals surface area (Å²) in [5.41, 5.74) is 1.60. The van der Waals surface area contributed by atoms with Crippen molar-refractivity contribution in [1.82, 2.24) is 20.2 Å². The summed E-state index contributed by atoms with van der Waals surface area (Å²) in [5, 5.41) is 6.66. The van der Waals surface area contributed by atoms with Crippen LogP contribution in [0.5, 0.6) is 5.75 Å². The van der Waals surface area contributed by atoms with Crippen molar-refractivity contribution in [3.05, 3.63) is 52.6 Å². The highest BCUT2D eigenvalue weighted by Crippen LogP contribution is 2.27. The number of rotatable bonds is 6. The van der Waals surface area contributed by atoms with Crippen LogP contribution in [-0.4, -0.2) is 54.3 Å². The lowest BCUT2D eigenvalue weighted by Crippen LogP contribution is -2.49. The molecule has 0 radical (unpaired) electrons. The van der Waals surface area contributed by atoms with Crippen molar-refractivity contribution in [2.24, 2.45) is 0 Å². The van der Waals surface area contributed by atoms with Crippen LogP contribution in [0.3, 0.4) is 0 Å². The van der Waals surface area contributed by atoms with Crippen molar-refractivity contribution in [3.8, 4) is 17.1 Å². The van der Waals surface area contributed by atoms with Crippen LogP contribution in [0, 0.1) is 5.82 Å². The van der Waals surface area contributed by atoms with Crippen LogP contribution < -0.4 is 25.8 Å². The average Bonchev–Trinajstić information content (AvgIpc) is 2.80. The van der Waals surface area contributed by atoms with Crippen LogP contribution in [0.25, 0.3) is 22.3 Å². The number of hydrogen-bond donors (Lipinski definition) is 2. The summed E-state index contributed by atoms with van der Waals surface area (Å²) in [6.45, 7) is 8.15. The number of amides is 1. The number of carbonyl (C=O) groups is 1. The van der Waals surface area contributed by atoms with E-state index in [-0.39, 0.29) is 35.6 Å². The number of carbonyl (C=O) groups excluding carboxylic acids is 1. The van der Waals surface area contributed by atoms with Gasteiger partial charge in [0, 0.05) is 43.0 Å². The number of piperazine rings is 1. The van der Waals surface area contributed by atoms with E-state index in [0.717, 1.165) is 25.3 Å². The van der Waals surface area contributed by atoms with E-state index in [2.05, 4.69) is 22.5 Å². The number of anilines is 1.